The Balaban J connectivity index is 2.19. The van der Waals surface area contributed by atoms with Crippen molar-refractivity contribution in [2.75, 3.05) is 13.1 Å². The van der Waals surface area contributed by atoms with E-state index in [1.807, 2.05) is 18.2 Å². The maximum absolute atomic E-state index is 12.0. The van der Waals surface area contributed by atoms with E-state index in [0.717, 1.165) is 25.2 Å². The van der Waals surface area contributed by atoms with Crippen LogP contribution >= 0.6 is 0 Å². The van der Waals surface area contributed by atoms with Gasteiger partial charge in [0.2, 0.25) is 0 Å². The zero-order chi connectivity index (χ0) is 10.3. The van der Waals surface area contributed by atoms with E-state index in [2.05, 4.69) is 10.4 Å². The molecule has 1 atom stereocenters. The third kappa shape index (κ3) is 1.27. The van der Waals surface area contributed by atoms with Crippen molar-refractivity contribution in [1.82, 2.24) is 19.5 Å². The molecule has 0 saturated carbocycles. The minimum absolute atomic E-state index is 0.0423. The summed E-state index contributed by atoms with van der Waals surface area (Å²) in [4.78, 5) is 12.0. The second-order valence-electron chi connectivity index (χ2n) is 3.80. The molecule has 3 heterocycles. The fourth-order valence-corrected chi connectivity index (χ4v) is 2.03. The number of hydrogen-bond donors (Lipinski definition) is 1. The van der Waals surface area contributed by atoms with Gasteiger partial charge in [-0.05, 0) is 25.1 Å². The number of hydrogen-bond acceptors (Lipinski definition) is 3. The van der Waals surface area contributed by atoms with E-state index in [9.17, 15) is 4.79 Å². The molecule has 1 unspecified atom stereocenters. The first kappa shape index (κ1) is 8.67. The van der Waals surface area contributed by atoms with Gasteiger partial charge in [0.1, 0.15) is 0 Å². The van der Waals surface area contributed by atoms with Gasteiger partial charge in [0.05, 0.1) is 6.04 Å². The molecule has 2 aromatic heterocycles. The number of rotatable bonds is 1. The summed E-state index contributed by atoms with van der Waals surface area (Å²) in [6.07, 6.45) is 2.73. The number of fused-ring (bicyclic) bond motifs is 1. The first-order valence-corrected chi connectivity index (χ1v) is 5.13. The molecule has 0 radical (unpaired) electrons. The van der Waals surface area contributed by atoms with Gasteiger partial charge in [-0.25, -0.2) is 9.48 Å². The molecular weight excluding hydrogens is 192 g/mol. The van der Waals surface area contributed by atoms with Gasteiger partial charge >= 0.3 is 5.69 Å². The second kappa shape index (κ2) is 3.20. The van der Waals surface area contributed by atoms with Crippen molar-refractivity contribution in [3.05, 3.63) is 34.9 Å². The molecule has 0 bridgehead atoms. The van der Waals surface area contributed by atoms with Crippen molar-refractivity contribution in [3.63, 3.8) is 0 Å². The lowest BCUT2D eigenvalue weighted by Gasteiger charge is -2.05. The summed E-state index contributed by atoms with van der Waals surface area (Å²) in [6, 6.07) is 5.78. The molecule has 1 aliphatic rings. The molecule has 1 N–H and O–H groups in total. The van der Waals surface area contributed by atoms with Crippen LogP contribution in [0.2, 0.25) is 0 Å². The molecule has 5 nitrogen and oxygen atoms in total. The lowest BCUT2D eigenvalue weighted by molar-refractivity contribution is 0.475. The average Bonchev–Trinajstić information content (AvgIpc) is 2.87. The van der Waals surface area contributed by atoms with Crippen LogP contribution in [0.25, 0.3) is 5.65 Å². The molecule has 0 amide bonds. The third-order valence-corrected chi connectivity index (χ3v) is 2.83. The van der Waals surface area contributed by atoms with Gasteiger partial charge in [0.25, 0.3) is 0 Å². The highest BCUT2D eigenvalue weighted by atomic mass is 16.2. The van der Waals surface area contributed by atoms with Gasteiger partial charge in [-0.15, -0.1) is 5.10 Å². The molecule has 78 valence electrons. The summed E-state index contributed by atoms with van der Waals surface area (Å²) < 4.78 is 3.17. The molecule has 1 saturated heterocycles. The number of nitrogens with one attached hydrogen (secondary N) is 1. The average molecular weight is 204 g/mol. The fourth-order valence-electron chi connectivity index (χ4n) is 2.03. The normalized spacial score (nSPS) is 21.2. The Labute approximate surface area is 86.3 Å². The van der Waals surface area contributed by atoms with E-state index in [1.165, 1.54) is 0 Å². The minimum Gasteiger partial charge on any atom is -0.315 e. The molecule has 3 rings (SSSR count). The Kier molecular flexibility index (Phi) is 1.85. The van der Waals surface area contributed by atoms with Crippen molar-refractivity contribution < 1.29 is 0 Å². The van der Waals surface area contributed by atoms with Crippen molar-refractivity contribution in [2.24, 2.45) is 0 Å². The highest BCUT2D eigenvalue weighted by Crippen LogP contribution is 2.11. The molecule has 0 spiro atoms. The van der Waals surface area contributed by atoms with Gasteiger partial charge < -0.3 is 5.32 Å². The fraction of sp³-hybridized carbons (Fsp3) is 0.400. The van der Waals surface area contributed by atoms with E-state index >= 15 is 0 Å². The Bertz CT molecular complexity index is 536. The minimum atomic E-state index is -0.0423. The maximum atomic E-state index is 12.0. The predicted molar refractivity (Wildman–Crippen MR) is 56.0 cm³/mol. The quantitative estimate of drug-likeness (QED) is 0.713. The van der Waals surface area contributed by atoms with Crippen LogP contribution in [0.5, 0.6) is 0 Å². The Morgan fingerprint density at radius 2 is 2.40 bits per heavy atom. The predicted octanol–water partition coefficient (Wildman–Crippen LogP) is 0.0304. The molecule has 2 aromatic rings. The number of nitrogens with zero attached hydrogens (tertiary/aromatic N) is 3. The molecular formula is C10H12N4O. The number of pyridine rings is 1. The van der Waals surface area contributed by atoms with E-state index in [-0.39, 0.29) is 11.7 Å². The van der Waals surface area contributed by atoms with Crippen LogP contribution in [-0.2, 0) is 0 Å². The lowest BCUT2D eigenvalue weighted by atomic mass is 10.3. The van der Waals surface area contributed by atoms with Gasteiger partial charge in [0.15, 0.2) is 5.65 Å². The molecule has 1 fully saturated rings. The van der Waals surface area contributed by atoms with E-state index < -0.39 is 0 Å². The highest BCUT2D eigenvalue weighted by molar-refractivity contribution is 5.35. The molecule has 0 aromatic carbocycles. The van der Waals surface area contributed by atoms with E-state index in [1.54, 1.807) is 15.3 Å². The van der Waals surface area contributed by atoms with Crippen LogP contribution in [0.3, 0.4) is 0 Å². The van der Waals surface area contributed by atoms with Gasteiger partial charge in [-0.2, -0.15) is 0 Å². The van der Waals surface area contributed by atoms with Gasteiger partial charge in [0, 0.05) is 12.7 Å². The summed E-state index contributed by atoms with van der Waals surface area (Å²) in [5.41, 5.74) is 0.675. The lowest BCUT2D eigenvalue weighted by Crippen LogP contribution is -2.26. The van der Waals surface area contributed by atoms with Crippen LogP contribution in [0.4, 0.5) is 0 Å². The molecule has 15 heavy (non-hydrogen) atoms. The largest absolute Gasteiger partial charge is 0.350 e. The zero-order valence-corrected chi connectivity index (χ0v) is 8.26. The third-order valence-electron chi connectivity index (χ3n) is 2.83. The van der Waals surface area contributed by atoms with Crippen LogP contribution in [0, 0.1) is 0 Å². The monoisotopic (exact) mass is 204 g/mol. The maximum Gasteiger partial charge on any atom is 0.350 e. The Morgan fingerprint density at radius 3 is 3.13 bits per heavy atom. The van der Waals surface area contributed by atoms with Crippen molar-refractivity contribution in [1.29, 1.82) is 0 Å². The summed E-state index contributed by atoms with van der Waals surface area (Å²) in [5, 5.41) is 7.55. The number of aromatic nitrogens is 3. The summed E-state index contributed by atoms with van der Waals surface area (Å²) in [6.45, 7) is 1.80. The summed E-state index contributed by atoms with van der Waals surface area (Å²) in [7, 11) is 0. The van der Waals surface area contributed by atoms with Crippen LogP contribution in [0.15, 0.2) is 29.2 Å². The van der Waals surface area contributed by atoms with Gasteiger partial charge in [-0.1, -0.05) is 6.07 Å². The SMILES string of the molecule is O=c1n(C2CCNC2)nc2ccccn12. The smallest absolute Gasteiger partial charge is 0.315 e. The Hall–Kier alpha value is -1.62. The Morgan fingerprint density at radius 1 is 1.47 bits per heavy atom. The molecule has 0 aliphatic carbocycles. The summed E-state index contributed by atoms with van der Waals surface area (Å²) in [5.74, 6) is 0. The zero-order valence-electron chi connectivity index (χ0n) is 8.26. The second-order valence-corrected chi connectivity index (χ2v) is 3.80. The standard InChI is InChI=1S/C10H12N4O/c15-10-13-6-2-1-3-9(13)12-14(10)8-4-5-11-7-8/h1-3,6,8,11H,4-5,7H2. The topological polar surface area (TPSA) is 51.3 Å². The van der Waals surface area contributed by atoms with E-state index in [4.69, 9.17) is 0 Å². The van der Waals surface area contributed by atoms with Crippen molar-refractivity contribution in [2.45, 2.75) is 12.5 Å². The van der Waals surface area contributed by atoms with Crippen LogP contribution in [-0.4, -0.2) is 27.3 Å². The van der Waals surface area contributed by atoms with Crippen LogP contribution < -0.4 is 11.0 Å². The van der Waals surface area contributed by atoms with Crippen molar-refractivity contribution >= 4 is 5.65 Å². The first-order chi connectivity index (χ1) is 7.36. The molecule has 1 aliphatic heterocycles. The highest BCUT2D eigenvalue weighted by Gasteiger charge is 2.20. The summed E-state index contributed by atoms with van der Waals surface area (Å²) >= 11 is 0. The van der Waals surface area contributed by atoms with E-state index in [0.29, 0.717) is 0 Å². The molecule has 5 heteroatoms. The van der Waals surface area contributed by atoms with Crippen LogP contribution in [0.1, 0.15) is 12.5 Å². The first-order valence-electron chi connectivity index (χ1n) is 5.13. The van der Waals surface area contributed by atoms with Crippen molar-refractivity contribution in [3.8, 4) is 0 Å². The van der Waals surface area contributed by atoms with Gasteiger partial charge in [-0.3, -0.25) is 4.40 Å².